The van der Waals surface area contributed by atoms with E-state index in [1.165, 1.54) is 11.5 Å². The predicted molar refractivity (Wildman–Crippen MR) is 106 cm³/mol. The van der Waals surface area contributed by atoms with Gasteiger partial charge in [-0.15, -0.1) is 0 Å². The molecule has 5 rings (SSSR count). The fourth-order valence-electron chi connectivity index (χ4n) is 2.88. The molecule has 124 valence electrons. The highest BCUT2D eigenvalue weighted by Crippen LogP contribution is 2.29. The van der Waals surface area contributed by atoms with Crippen molar-refractivity contribution < 1.29 is 0 Å². The van der Waals surface area contributed by atoms with Gasteiger partial charge in [-0.1, -0.05) is 12.1 Å². The maximum atomic E-state index is 4.77. The third-order valence-corrected chi connectivity index (χ3v) is 4.92. The highest BCUT2D eigenvalue weighted by molar-refractivity contribution is 7.13. The van der Waals surface area contributed by atoms with Crippen LogP contribution in [0.25, 0.3) is 32.4 Å². The number of aromatic nitrogens is 4. The van der Waals surface area contributed by atoms with Gasteiger partial charge in [0.25, 0.3) is 0 Å². The Morgan fingerprint density at radius 2 is 1.77 bits per heavy atom. The van der Waals surface area contributed by atoms with Crippen LogP contribution in [0.5, 0.6) is 0 Å². The molecule has 0 bridgehead atoms. The summed E-state index contributed by atoms with van der Waals surface area (Å²) in [5, 5.41) is 5.58. The zero-order valence-corrected chi connectivity index (χ0v) is 14.4. The van der Waals surface area contributed by atoms with Crippen LogP contribution in [0.1, 0.15) is 0 Å². The number of fused-ring (bicyclic) bond motifs is 2. The van der Waals surface area contributed by atoms with Crippen LogP contribution in [0.15, 0.2) is 73.2 Å². The first-order valence-electron chi connectivity index (χ1n) is 8.15. The van der Waals surface area contributed by atoms with Gasteiger partial charge in [0, 0.05) is 40.6 Å². The van der Waals surface area contributed by atoms with Gasteiger partial charge in [-0.05, 0) is 54.0 Å². The Labute approximate surface area is 153 Å². The molecule has 0 amide bonds. The topological polar surface area (TPSA) is 63.6 Å². The summed E-state index contributed by atoms with van der Waals surface area (Å²) in [5.74, 6) is 1.46. The Morgan fingerprint density at radius 3 is 2.69 bits per heavy atom. The molecule has 6 heteroatoms. The molecule has 0 unspecified atom stereocenters. The minimum atomic E-state index is 0.674. The fraction of sp³-hybridized carbons (Fsp3) is 0. The molecular weight excluding hydrogens is 342 g/mol. The van der Waals surface area contributed by atoms with Gasteiger partial charge < -0.3 is 5.32 Å². The maximum Gasteiger partial charge on any atom is 0.162 e. The van der Waals surface area contributed by atoms with Crippen molar-refractivity contribution in [1.29, 1.82) is 0 Å². The molecule has 26 heavy (non-hydrogen) atoms. The SMILES string of the molecule is c1ccc2c(Nc3ccc4cnsc4c3)nc(-c3ccncc3)nc2c1. The lowest BCUT2D eigenvalue weighted by Crippen LogP contribution is -1.99. The zero-order chi connectivity index (χ0) is 17.3. The number of anilines is 2. The molecule has 2 aromatic carbocycles. The smallest absolute Gasteiger partial charge is 0.162 e. The zero-order valence-electron chi connectivity index (χ0n) is 13.6. The molecule has 0 saturated heterocycles. The van der Waals surface area contributed by atoms with Gasteiger partial charge in [0.1, 0.15) is 5.82 Å². The molecule has 3 aromatic heterocycles. The second-order valence-corrected chi connectivity index (χ2v) is 6.69. The molecule has 1 N–H and O–H groups in total. The first-order valence-corrected chi connectivity index (χ1v) is 8.93. The van der Waals surface area contributed by atoms with Crippen molar-refractivity contribution >= 4 is 44.0 Å². The Hall–Kier alpha value is -3.38. The number of pyridine rings is 1. The van der Waals surface area contributed by atoms with Crippen LogP contribution in [0.3, 0.4) is 0 Å². The van der Waals surface area contributed by atoms with Crippen molar-refractivity contribution in [3.05, 3.63) is 73.2 Å². The Morgan fingerprint density at radius 1 is 0.885 bits per heavy atom. The first-order chi connectivity index (χ1) is 12.9. The first kappa shape index (κ1) is 14.9. The number of benzene rings is 2. The third kappa shape index (κ3) is 2.66. The van der Waals surface area contributed by atoms with Crippen LogP contribution >= 0.6 is 11.5 Å². The standard InChI is InChI=1S/C20H13N5S/c1-2-4-17-16(3-1)20(25-19(24-17)13-7-9-21-10-8-13)23-15-6-5-14-12-22-26-18(14)11-15/h1-12H,(H,23,24,25). The van der Waals surface area contributed by atoms with Gasteiger partial charge >= 0.3 is 0 Å². The van der Waals surface area contributed by atoms with Crippen LogP contribution < -0.4 is 5.32 Å². The van der Waals surface area contributed by atoms with E-state index in [-0.39, 0.29) is 0 Å². The number of nitrogens with zero attached hydrogens (tertiary/aromatic N) is 4. The molecule has 0 spiro atoms. The minimum Gasteiger partial charge on any atom is -0.340 e. The van der Waals surface area contributed by atoms with Crippen molar-refractivity contribution in [2.75, 3.05) is 5.32 Å². The van der Waals surface area contributed by atoms with Gasteiger partial charge in [-0.2, -0.15) is 4.37 Å². The number of hydrogen-bond donors (Lipinski definition) is 1. The summed E-state index contributed by atoms with van der Waals surface area (Å²) in [6.07, 6.45) is 5.38. The van der Waals surface area contributed by atoms with E-state index in [4.69, 9.17) is 9.97 Å². The highest BCUT2D eigenvalue weighted by Gasteiger charge is 2.10. The van der Waals surface area contributed by atoms with Crippen molar-refractivity contribution in [2.24, 2.45) is 0 Å². The van der Waals surface area contributed by atoms with E-state index in [2.05, 4.69) is 26.8 Å². The van der Waals surface area contributed by atoms with E-state index in [0.29, 0.717) is 5.82 Å². The molecule has 5 aromatic rings. The lowest BCUT2D eigenvalue weighted by atomic mass is 10.2. The summed E-state index contributed by atoms with van der Waals surface area (Å²) < 4.78 is 5.38. The van der Waals surface area contributed by atoms with E-state index in [9.17, 15) is 0 Å². The second kappa shape index (κ2) is 6.16. The molecule has 5 nitrogen and oxygen atoms in total. The van der Waals surface area contributed by atoms with Crippen LogP contribution in [-0.2, 0) is 0 Å². The summed E-state index contributed by atoms with van der Waals surface area (Å²) in [6, 6.07) is 18.0. The van der Waals surface area contributed by atoms with Crippen LogP contribution in [0, 0.1) is 0 Å². The van der Waals surface area contributed by atoms with Gasteiger partial charge in [-0.3, -0.25) is 4.98 Å². The molecule has 0 aliphatic rings. The largest absolute Gasteiger partial charge is 0.340 e. The van der Waals surface area contributed by atoms with E-state index in [1.54, 1.807) is 12.4 Å². The Bertz CT molecular complexity index is 1220. The molecule has 0 aliphatic carbocycles. The average Bonchev–Trinajstić information content (AvgIpc) is 3.16. The van der Waals surface area contributed by atoms with Crippen molar-refractivity contribution in [3.63, 3.8) is 0 Å². The van der Waals surface area contributed by atoms with E-state index < -0.39 is 0 Å². The number of rotatable bonds is 3. The van der Waals surface area contributed by atoms with E-state index in [1.807, 2.05) is 48.7 Å². The minimum absolute atomic E-state index is 0.674. The highest BCUT2D eigenvalue weighted by atomic mass is 32.1. The normalized spacial score (nSPS) is 11.1. The van der Waals surface area contributed by atoms with Gasteiger partial charge in [0.05, 0.1) is 10.2 Å². The maximum absolute atomic E-state index is 4.77. The molecule has 0 fully saturated rings. The van der Waals surface area contributed by atoms with Gasteiger partial charge in [0.2, 0.25) is 0 Å². The monoisotopic (exact) mass is 355 g/mol. The lowest BCUT2D eigenvalue weighted by Gasteiger charge is -2.11. The Balaban J connectivity index is 1.65. The predicted octanol–water partition coefficient (Wildman–Crippen LogP) is 5.05. The summed E-state index contributed by atoms with van der Waals surface area (Å²) in [4.78, 5) is 13.5. The van der Waals surface area contributed by atoms with Crippen LogP contribution in [0.4, 0.5) is 11.5 Å². The fourth-order valence-corrected chi connectivity index (χ4v) is 3.56. The van der Waals surface area contributed by atoms with Crippen molar-refractivity contribution in [2.45, 2.75) is 0 Å². The number of hydrogen-bond acceptors (Lipinski definition) is 6. The van der Waals surface area contributed by atoms with Gasteiger partial charge in [0.15, 0.2) is 5.82 Å². The van der Waals surface area contributed by atoms with Crippen molar-refractivity contribution in [3.8, 4) is 11.4 Å². The lowest BCUT2D eigenvalue weighted by molar-refractivity contribution is 1.21. The summed E-state index contributed by atoms with van der Waals surface area (Å²) >= 11 is 1.49. The molecule has 0 aliphatic heterocycles. The number of nitrogens with one attached hydrogen (secondary N) is 1. The van der Waals surface area contributed by atoms with Crippen LogP contribution in [-0.4, -0.2) is 19.3 Å². The summed E-state index contributed by atoms with van der Waals surface area (Å²) in [6.45, 7) is 0. The number of para-hydroxylation sites is 1. The molecule has 3 heterocycles. The van der Waals surface area contributed by atoms with Crippen LogP contribution in [0.2, 0.25) is 0 Å². The summed E-state index contributed by atoms with van der Waals surface area (Å²) in [5.41, 5.74) is 2.81. The average molecular weight is 355 g/mol. The second-order valence-electron chi connectivity index (χ2n) is 5.85. The molecule has 0 saturated carbocycles. The summed E-state index contributed by atoms with van der Waals surface area (Å²) in [7, 11) is 0. The van der Waals surface area contributed by atoms with Crippen molar-refractivity contribution in [1.82, 2.24) is 19.3 Å². The van der Waals surface area contributed by atoms with Gasteiger partial charge in [-0.25, -0.2) is 9.97 Å². The molecule has 0 radical (unpaired) electrons. The Kier molecular flexibility index (Phi) is 3.54. The molecule has 0 atom stereocenters. The quantitative estimate of drug-likeness (QED) is 0.491. The van der Waals surface area contributed by atoms with E-state index in [0.717, 1.165) is 38.1 Å². The van der Waals surface area contributed by atoms with E-state index >= 15 is 0 Å². The third-order valence-electron chi connectivity index (χ3n) is 4.16. The molecular formula is C20H13N5S.